The van der Waals surface area contributed by atoms with Crippen molar-refractivity contribution in [2.75, 3.05) is 0 Å². The van der Waals surface area contributed by atoms with Gasteiger partial charge in [0, 0.05) is 73.5 Å². The lowest BCUT2D eigenvalue weighted by Crippen LogP contribution is -1.95. The van der Waals surface area contributed by atoms with Crippen molar-refractivity contribution < 1.29 is 0 Å². The van der Waals surface area contributed by atoms with Crippen LogP contribution in [-0.4, -0.2) is 4.57 Å². The minimum Gasteiger partial charge on any atom is -0.309 e. The number of thiophene rings is 2. The lowest BCUT2D eigenvalue weighted by atomic mass is 9.97. The summed E-state index contributed by atoms with van der Waals surface area (Å²) in [7, 11) is 0. The fourth-order valence-electron chi connectivity index (χ4n) is 7.27. The zero-order chi connectivity index (χ0) is 29.5. The maximum atomic E-state index is 2.47. The van der Waals surface area contributed by atoms with E-state index in [2.05, 4.69) is 156 Å². The first-order valence-electron chi connectivity index (χ1n) is 15.3. The summed E-state index contributed by atoms with van der Waals surface area (Å²) < 4.78 is 7.84. The Labute approximate surface area is 267 Å². The summed E-state index contributed by atoms with van der Waals surface area (Å²) in [6.07, 6.45) is 0. The first-order valence-corrected chi connectivity index (χ1v) is 16.9. The van der Waals surface area contributed by atoms with E-state index in [0.29, 0.717) is 0 Å². The van der Waals surface area contributed by atoms with E-state index in [-0.39, 0.29) is 0 Å². The van der Waals surface area contributed by atoms with Gasteiger partial charge in [0.1, 0.15) is 0 Å². The van der Waals surface area contributed by atoms with Crippen LogP contribution in [0, 0.1) is 0 Å². The quantitative estimate of drug-likeness (QED) is 0.188. The van der Waals surface area contributed by atoms with E-state index in [1.54, 1.807) is 0 Å². The Bertz CT molecular complexity index is 2740. The molecule has 0 aliphatic heterocycles. The van der Waals surface area contributed by atoms with Crippen LogP contribution in [0.5, 0.6) is 0 Å². The number of benzene rings is 7. The van der Waals surface area contributed by atoms with Crippen LogP contribution in [0.15, 0.2) is 152 Å². The molecule has 0 radical (unpaired) electrons. The average Bonchev–Trinajstić information content (AvgIpc) is 3.78. The summed E-state index contributed by atoms with van der Waals surface area (Å²) in [5.74, 6) is 0. The second kappa shape index (κ2) is 9.64. The van der Waals surface area contributed by atoms with Crippen molar-refractivity contribution in [1.82, 2.24) is 4.57 Å². The summed E-state index contributed by atoms with van der Waals surface area (Å²) in [6, 6.07) is 55.6. The van der Waals surface area contributed by atoms with Gasteiger partial charge in [0.25, 0.3) is 0 Å². The first kappa shape index (κ1) is 25.1. The summed E-state index contributed by atoms with van der Waals surface area (Å²) in [4.78, 5) is 0. The molecule has 0 unspecified atom stereocenters. The third-order valence-electron chi connectivity index (χ3n) is 9.19. The maximum absolute atomic E-state index is 2.47. The topological polar surface area (TPSA) is 4.93 Å². The number of fused-ring (bicyclic) bond motifs is 9. The standard InChI is InChI=1S/C42H25NS2/c1-3-13-26(14-4-1)38-39-34(28-17-7-9-23-36(28)43(39)27-15-5-2-6-16-27)25-35-33-22-12-21-32(41(33)45-42(35)38)31-20-11-19-30-29-18-8-10-24-37(29)44-40(30)31/h1-25H. The van der Waals surface area contributed by atoms with Gasteiger partial charge in [0.15, 0.2) is 0 Å². The molecule has 3 heteroatoms. The lowest BCUT2D eigenvalue weighted by molar-refractivity contribution is 1.18. The highest BCUT2D eigenvalue weighted by Crippen LogP contribution is 2.50. The van der Waals surface area contributed by atoms with Crippen molar-refractivity contribution >= 4 is 84.8 Å². The molecule has 0 amide bonds. The van der Waals surface area contributed by atoms with Crippen LogP contribution in [0.25, 0.3) is 90.1 Å². The van der Waals surface area contributed by atoms with Crippen LogP contribution < -0.4 is 0 Å². The molecule has 10 aromatic rings. The minimum absolute atomic E-state index is 1.18. The van der Waals surface area contributed by atoms with Crippen LogP contribution in [0.4, 0.5) is 0 Å². The molecule has 0 aliphatic carbocycles. The number of para-hydroxylation sites is 2. The Hall–Kier alpha value is -5.22. The van der Waals surface area contributed by atoms with Gasteiger partial charge in [-0.3, -0.25) is 0 Å². The van der Waals surface area contributed by atoms with Gasteiger partial charge < -0.3 is 4.57 Å². The number of hydrogen-bond acceptors (Lipinski definition) is 2. The van der Waals surface area contributed by atoms with Crippen LogP contribution in [0.2, 0.25) is 0 Å². The predicted molar refractivity (Wildman–Crippen MR) is 197 cm³/mol. The zero-order valence-corrected chi connectivity index (χ0v) is 25.8. The average molecular weight is 608 g/mol. The molecule has 3 aromatic heterocycles. The number of nitrogens with zero attached hydrogens (tertiary/aromatic N) is 1. The minimum atomic E-state index is 1.18. The van der Waals surface area contributed by atoms with Crippen molar-refractivity contribution in [1.29, 1.82) is 0 Å². The molecule has 0 bridgehead atoms. The van der Waals surface area contributed by atoms with Crippen molar-refractivity contribution in [2.45, 2.75) is 0 Å². The van der Waals surface area contributed by atoms with Crippen molar-refractivity contribution in [3.63, 3.8) is 0 Å². The van der Waals surface area contributed by atoms with E-state index in [0.717, 1.165) is 0 Å². The Kier molecular flexibility index (Phi) is 5.39. The summed E-state index contributed by atoms with van der Waals surface area (Å²) >= 11 is 3.84. The molecule has 0 atom stereocenters. The van der Waals surface area contributed by atoms with Crippen LogP contribution >= 0.6 is 22.7 Å². The first-order chi connectivity index (χ1) is 22.3. The third-order valence-corrected chi connectivity index (χ3v) is 11.7. The highest BCUT2D eigenvalue weighted by atomic mass is 32.1. The molecule has 10 rings (SSSR count). The summed E-state index contributed by atoms with van der Waals surface area (Å²) in [6.45, 7) is 0. The zero-order valence-electron chi connectivity index (χ0n) is 24.2. The molecule has 0 saturated carbocycles. The molecule has 1 nitrogen and oxygen atoms in total. The Morgan fingerprint density at radius 2 is 1.00 bits per heavy atom. The Balaban J connectivity index is 1.38. The van der Waals surface area contributed by atoms with Gasteiger partial charge >= 0.3 is 0 Å². The van der Waals surface area contributed by atoms with Crippen LogP contribution in [0.1, 0.15) is 0 Å². The molecule has 0 saturated heterocycles. The Morgan fingerprint density at radius 1 is 0.400 bits per heavy atom. The lowest BCUT2D eigenvalue weighted by Gasteiger charge is -2.13. The number of rotatable bonds is 3. The van der Waals surface area contributed by atoms with Gasteiger partial charge in [-0.2, -0.15) is 0 Å². The van der Waals surface area contributed by atoms with E-state index >= 15 is 0 Å². The van der Waals surface area contributed by atoms with Gasteiger partial charge in [-0.25, -0.2) is 0 Å². The Morgan fingerprint density at radius 3 is 1.78 bits per heavy atom. The highest BCUT2D eigenvalue weighted by Gasteiger charge is 2.23. The fraction of sp³-hybridized carbons (Fsp3) is 0. The van der Waals surface area contributed by atoms with E-state index in [1.165, 1.54) is 90.1 Å². The predicted octanol–water partition coefficient (Wildman–Crippen LogP) is 12.9. The van der Waals surface area contributed by atoms with Gasteiger partial charge in [-0.15, -0.1) is 22.7 Å². The SMILES string of the molecule is c1ccc(-c2c3sc4c(-c5cccc6c5sc5ccccc56)cccc4c3cc3c4ccccc4n(-c4ccccc4)c23)cc1. The molecule has 3 heterocycles. The highest BCUT2D eigenvalue weighted by molar-refractivity contribution is 7.27. The second-order valence-corrected chi connectivity index (χ2v) is 13.7. The molecule has 0 fully saturated rings. The van der Waals surface area contributed by atoms with Crippen molar-refractivity contribution in [3.8, 4) is 27.9 Å². The van der Waals surface area contributed by atoms with Crippen LogP contribution in [0.3, 0.4) is 0 Å². The molecule has 45 heavy (non-hydrogen) atoms. The normalized spacial score (nSPS) is 12.0. The van der Waals surface area contributed by atoms with E-state index in [4.69, 9.17) is 0 Å². The molecular weight excluding hydrogens is 583 g/mol. The second-order valence-electron chi connectivity index (χ2n) is 11.6. The third kappa shape index (κ3) is 3.60. The molecule has 0 aliphatic rings. The monoisotopic (exact) mass is 607 g/mol. The van der Waals surface area contributed by atoms with Crippen molar-refractivity contribution in [3.05, 3.63) is 152 Å². The smallest absolute Gasteiger partial charge is 0.0634 e. The summed E-state index contributed by atoms with van der Waals surface area (Å²) in [5.41, 5.74) is 8.85. The van der Waals surface area contributed by atoms with E-state index in [9.17, 15) is 0 Å². The van der Waals surface area contributed by atoms with E-state index in [1.807, 2.05) is 22.7 Å². The summed E-state index contributed by atoms with van der Waals surface area (Å²) in [5, 5.41) is 7.89. The van der Waals surface area contributed by atoms with Crippen LogP contribution in [-0.2, 0) is 0 Å². The van der Waals surface area contributed by atoms with Gasteiger partial charge in [0.2, 0.25) is 0 Å². The fourth-order valence-corrected chi connectivity index (χ4v) is 9.87. The molecule has 0 spiro atoms. The van der Waals surface area contributed by atoms with Gasteiger partial charge in [-0.1, -0.05) is 121 Å². The number of aromatic nitrogens is 1. The van der Waals surface area contributed by atoms with Gasteiger partial charge in [-0.05, 0) is 35.9 Å². The molecule has 210 valence electrons. The molecule has 7 aromatic carbocycles. The van der Waals surface area contributed by atoms with Crippen molar-refractivity contribution in [2.24, 2.45) is 0 Å². The number of hydrogen-bond donors (Lipinski definition) is 0. The molecular formula is C42H25NS2. The maximum Gasteiger partial charge on any atom is 0.0634 e. The van der Waals surface area contributed by atoms with E-state index < -0.39 is 0 Å². The largest absolute Gasteiger partial charge is 0.309 e. The van der Waals surface area contributed by atoms with Gasteiger partial charge in [0.05, 0.1) is 11.0 Å². The molecule has 0 N–H and O–H groups in total.